The Balaban J connectivity index is 0.000000510. The van der Waals surface area contributed by atoms with Crippen LogP contribution < -0.4 is 0 Å². The first kappa shape index (κ1) is 30.8. The summed E-state index contributed by atoms with van der Waals surface area (Å²) in [4.78, 5) is 9.08. The zero-order valence-corrected chi connectivity index (χ0v) is 28.0. The molecule has 4 aliphatic rings. The van der Waals surface area contributed by atoms with Gasteiger partial charge in [-0.2, -0.15) is 6.07 Å². The molecular formula is C36H44FeN2P2-6. The molecule has 0 radical (unpaired) electrons. The van der Waals surface area contributed by atoms with Crippen molar-refractivity contribution in [3.8, 4) is 0 Å². The maximum Gasteiger partial charge on any atom is 0.0397 e. The van der Waals surface area contributed by atoms with E-state index in [1.54, 1.807) is 0 Å². The van der Waals surface area contributed by atoms with Crippen molar-refractivity contribution >= 4 is 18.5 Å². The zero-order valence-electron chi connectivity index (χ0n) is 24.6. The predicted octanol–water partition coefficient (Wildman–Crippen LogP) is 9.10. The summed E-state index contributed by atoms with van der Waals surface area (Å²) in [5.74, 6) is 2.75. The van der Waals surface area contributed by atoms with E-state index in [4.69, 9.17) is 0 Å². The zero-order chi connectivity index (χ0) is 28.0. The summed E-state index contributed by atoms with van der Waals surface area (Å²) in [6.45, 7) is 7.44. The molecule has 0 aliphatic heterocycles. The molecule has 2 heterocycles. The van der Waals surface area contributed by atoms with Crippen molar-refractivity contribution in [3.05, 3.63) is 120 Å². The Morgan fingerprint density at radius 2 is 1.22 bits per heavy atom. The molecule has 41 heavy (non-hydrogen) atoms. The molecule has 8 rings (SSSR count). The molecule has 4 aromatic rings. The number of rotatable bonds is 5. The molecule has 2 nitrogen and oxygen atoms in total. The van der Waals surface area contributed by atoms with Gasteiger partial charge in [-0.05, 0) is 95.5 Å². The van der Waals surface area contributed by atoms with Gasteiger partial charge in [0.1, 0.15) is 0 Å². The van der Waals surface area contributed by atoms with Crippen molar-refractivity contribution < 1.29 is 17.1 Å². The van der Waals surface area contributed by atoms with Crippen LogP contribution in [0.3, 0.4) is 0 Å². The minimum Gasteiger partial charge on any atom is -0.748 e. The van der Waals surface area contributed by atoms with Crippen LogP contribution in [0, 0.1) is 28.6 Å². The van der Waals surface area contributed by atoms with Gasteiger partial charge in [-0.25, -0.2) is 12.1 Å². The van der Waals surface area contributed by atoms with Crippen LogP contribution in [0.4, 0.5) is 0 Å². The van der Waals surface area contributed by atoms with Gasteiger partial charge in [0.15, 0.2) is 0 Å². The van der Waals surface area contributed by atoms with Crippen LogP contribution in [0.1, 0.15) is 81.5 Å². The van der Waals surface area contributed by atoms with Crippen LogP contribution in [0.15, 0.2) is 97.6 Å². The van der Waals surface area contributed by atoms with E-state index in [2.05, 4.69) is 91.7 Å². The number of aromatic nitrogens is 2. The summed E-state index contributed by atoms with van der Waals surface area (Å²) in [6, 6.07) is 25.7. The third-order valence-electron chi connectivity index (χ3n) is 10.5. The van der Waals surface area contributed by atoms with Gasteiger partial charge in [0.25, 0.3) is 0 Å². The summed E-state index contributed by atoms with van der Waals surface area (Å²) in [5.41, 5.74) is 5.70. The molecule has 3 atom stereocenters. The fraction of sp³-hybridized carbons (Fsp3) is 0.444. The molecule has 4 aliphatic carbocycles. The second-order valence-electron chi connectivity index (χ2n) is 13.9. The van der Waals surface area contributed by atoms with Gasteiger partial charge < -0.3 is 30.3 Å². The molecule has 4 saturated carbocycles. The monoisotopic (exact) mass is 622 g/mol. The normalized spacial score (nSPS) is 26.4. The first-order valence-corrected chi connectivity index (χ1v) is 16.1. The number of nitrogens with zero attached hydrogens (tertiary/aromatic N) is 2. The Kier molecular flexibility index (Phi) is 8.88. The van der Waals surface area contributed by atoms with E-state index in [9.17, 15) is 0 Å². The number of hydrogen-bond donors (Lipinski definition) is 0. The fourth-order valence-corrected chi connectivity index (χ4v) is 10.4. The Labute approximate surface area is 262 Å². The maximum absolute atomic E-state index is 4.54. The van der Waals surface area contributed by atoms with Crippen molar-refractivity contribution in [2.75, 3.05) is 0 Å². The van der Waals surface area contributed by atoms with E-state index in [0.717, 1.165) is 17.8 Å². The maximum atomic E-state index is 4.54. The van der Waals surface area contributed by atoms with Crippen molar-refractivity contribution in [3.63, 3.8) is 0 Å². The minimum atomic E-state index is -0.406. The summed E-state index contributed by atoms with van der Waals surface area (Å²) < 4.78 is 0. The third kappa shape index (κ3) is 5.25. The predicted molar refractivity (Wildman–Crippen MR) is 174 cm³/mol. The van der Waals surface area contributed by atoms with E-state index in [1.807, 2.05) is 55.1 Å². The quantitative estimate of drug-likeness (QED) is 0.126. The SMILES string of the molecule is CC(C)(C)C(P)([c-]1cccc1C(P)(c1cccnc1)c1cccnc1)C12CC3CC(CC(C3)C1)C2.[Fe].[cH-]1[cH-][cH-][cH-][cH-]1. The van der Waals surface area contributed by atoms with E-state index in [1.165, 1.54) is 60.8 Å². The van der Waals surface area contributed by atoms with Crippen LogP contribution >= 0.6 is 18.5 Å². The van der Waals surface area contributed by atoms with Crippen LogP contribution in [0.5, 0.6) is 0 Å². The average molecular weight is 623 g/mol. The van der Waals surface area contributed by atoms with Gasteiger partial charge in [0, 0.05) is 47.0 Å². The van der Waals surface area contributed by atoms with Crippen molar-refractivity contribution in [2.24, 2.45) is 28.6 Å². The Morgan fingerprint density at radius 3 is 1.61 bits per heavy atom. The molecule has 4 bridgehead atoms. The second-order valence-corrected chi connectivity index (χ2v) is 15.6. The summed E-state index contributed by atoms with van der Waals surface area (Å²) in [5, 5.41) is -0.419. The standard InChI is InChI=1S/C31H39N2P2.C5H5.Fe/c1-28(2,3)31(35,29-16-21-13-22(17-29)15-23(14-21)18-29)27-10-4-9-26(27)30(34,24-7-5-11-32-19-24)25-8-6-12-33-20-25;1-2-4-5-3-1;/h4-12,19-23H,13-18,34-35H2,1-3H3;1-5H;/q-1;-5;. The van der Waals surface area contributed by atoms with E-state index >= 15 is 0 Å². The topological polar surface area (TPSA) is 25.8 Å². The van der Waals surface area contributed by atoms with Crippen LogP contribution in [0.2, 0.25) is 0 Å². The molecule has 2 aromatic carbocycles. The van der Waals surface area contributed by atoms with E-state index in [0.29, 0.717) is 5.41 Å². The molecule has 5 heteroatoms. The smallest absolute Gasteiger partial charge is 0.0397 e. The Morgan fingerprint density at radius 1 is 0.756 bits per heavy atom. The summed E-state index contributed by atoms with van der Waals surface area (Å²) in [6.07, 6.45) is 16.4. The first-order chi connectivity index (χ1) is 19.2. The molecule has 0 N–H and O–H groups in total. The molecular weight excluding hydrogens is 578 g/mol. The van der Waals surface area contributed by atoms with Gasteiger partial charge in [0.05, 0.1) is 0 Å². The van der Waals surface area contributed by atoms with Gasteiger partial charge in [-0.1, -0.05) is 32.9 Å². The van der Waals surface area contributed by atoms with Crippen LogP contribution in [0.25, 0.3) is 0 Å². The number of pyridine rings is 2. The van der Waals surface area contributed by atoms with E-state index in [-0.39, 0.29) is 27.6 Å². The van der Waals surface area contributed by atoms with Crippen LogP contribution in [-0.4, -0.2) is 9.97 Å². The van der Waals surface area contributed by atoms with Crippen LogP contribution in [-0.2, 0) is 27.4 Å². The average Bonchev–Trinajstić information content (AvgIpc) is 3.68. The van der Waals surface area contributed by atoms with Crippen molar-refractivity contribution in [1.82, 2.24) is 9.97 Å². The van der Waals surface area contributed by atoms with Gasteiger partial charge in [-0.3, -0.25) is 9.97 Å². The molecule has 0 spiro atoms. The molecule has 0 amide bonds. The first-order valence-electron chi connectivity index (χ1n) is 15.0. The largest absolute Gasteiger partial charge is 0.748 e. The molecule has 3 unspecified atom stereocenters. The van der Waals surface area contributed by atoms with Gasteiger partial charge in [-0.15, -0.1) is 29.6 Å². The number of hydrogen-bond acceptors (Lipinski definition) is 2. The molecule has 0 saturated heterocycles. The molecule has 2 aromatic heterocycles. The minimum absolute atomic E-state index is 0. The molecule has 4 fully saturated rings. The summed E-state index contributed by atoms with van der Waals surface area (Å²) >= 11 is 0. The van der Waals surface area contributed by atoms with Gasteiger partial charge >= 0.3 is 0 Å². The van der Waals surface area contributed by atoms with Crippen molar-refractivity contribution in [1.29, 1.82) is 0 Å². The second kappa shape index (κ2) is 11.8. The van der Waals surface area contributed by atoms with Crippen molar-refractivity contribution in [2.45, 2.75) is 69.6 Å². The van der Waals surface area contributed by atoms with E-state index < -0.39 is 5.16 Å². The fourth-order valence-electron chi connectivity index (χ4n) is 9.18. The van der Waals surface area contributed by atoms with Gasteiger partial charge in [0.2, 0.25) is 0 Å². The third-order valence-corrected chi connectivity index (χ3v) is 13.3. The Bertz CT molecular complexity index is 1300. The summed E-state index contributed by atoms with van der Waals surface area (Å²) in [7, 11) is 6.77. The molecule has 222 valence electrons. The Hall–Kier alpha value is -1.62.